The molecule has 4 N–H and O–H groups in total. The molecular weight excluding hydrogens is 434 g/mol. The predicted octanol–water partition coefficient (Wildman–Crippen LogP) is 2.34. The summed E-state index contributed by atoms with van der Waals surface area (Å²) in [6.45, 7) is 4.98. The number of carbonyl (C=O) groups excluding carboxylic acids is 3. The number of rotatable bonds is 3. The molecule has 34 heavy (non-hydrogen) atoms. The molecule has 2 amide bonds. The van der Waals surface area contributed by atoms with Crippen LogP contribution in [0, 0.1) is 0 Å². The van der Waals surface area contributed by atoms with Crippen LogP contribution in [0.1, 0.15) is 58.7 Å². The summed E-state index contributed by atoms with van der Waals surface area (Å²) in [6, 6.07) is 6.73. The number of hydrogen-bond donors (Lipinski definition) is 3. The first-order chi connectivity index (χ1) is 16.2. The van der Waals surface area contributed by atoms with Crippen molar-refractivity contribution in [1.29, 1.82) is 0 Å². The lowest BCUT2D eigenvalue weighted by molar-refractivity contribution is -0.120. The number of nitrogens with one attached hydrogen (secondary N) is 2. The number of nitrogens with two attached hydrogens (primary N) is 1. The van der Waals surface area contributed by atoms with Gasteiger partial charge in [-0.3, -0.25) is 19.5 Å². The van der Waals surface area contributed by atoms with Crippen LogP contribution in [0.4, 0.5) is 11.6 Å². The second-order valence-corrected chi connectivity index (χ2v) is 9.35. The van der Waals surface area contributed by atoms with Crippen molar-refractivity contribution in [2.75, 3.05) is 24.1 Å². The van der Waals surface area contributed by atoms with Gasteiger partial charge in [0, 0.05) is 48.9 Å². The molecule has 0 bridgehead atoms. The summed E-state index contributed by atoms with van der Waals surface area (Å²) >= 11 is 0. The molecule has 0 atom stereocenters. The molecule has 3 aromatic rings. The molecule has 10 nitrogen and oxygen atoms in total. The third kappa shape index (κ3) is 3.81. The van der Waals surface area contributed by atoms with Gasteiger partial charge >= 0.3 is 0 Å². The Morgan fingerprint density at radius 2 is 1.85 bits per heavy atom. The fourth-order valence-corrected chi connectivity index (χ4v) is 4.70. The van der Waals surface area contributed by atoms with E-state index in [0.717, 1.165) is 11.1 Å². The monoisotopic (exact) mass is 459 g/mol. The zero-order valence-corrected chi connectivity index (χ0v) is 19.0. The Kier molecular flexibility index (Phi) is 5.15. The molecule has 1 fully saturated rings. The number of benzene rings is 1. The fourth-order valence-electron chi connectivity index (χ4n) is 4.70. The second-order valence-electron chi connectivity index (χ2n) is 9.35. The summed E-state index contributed by atoms with van der Waals surface area (Å²) in [4.78, 5) is 47.4. The van der Waals surface area contributed by atoms with Gasteiger partial charge in [-0.25, -0.2) is 9.97 Å². The van der Waals surface area contributed by atoms with Gasteiger partial charge in [0.2, 0.25) is 5.95 Å². The molecule has 0 spiro atoms. The van der Waals surface area contributed by atoms with E-state index in [1.165, 1.54) is 0 Å². The van der Waals surface area contributed by atoms with Gasteiger partial charge in [0.15, 0.2) is 5.69 Å². The molecule has 1 aliphatic heterocycles. The summed E-state index contributed by atoms with van der Waals surface area (Å²) in [6.07, 6.45) is 3.16. The summed E-state index contributed by atoms with van der Waals surface area (Å²) in [5.74, 6) is -0.126. The van der Waals surface area contributed by atoms with Crippen LogP contribution < -0.4 is 11.1 Å². The van der Waals surface area contributed by atoms with Crippen molar-refractivity contribution in [2.24, 2.45) is 0 Å². The highest BCUT2D eigenvalue weighted by Crippen LogP contribution is 2.42. The number of ketones is 1. The number of aromatic nitrogens is 4. The Morgan fingerprint density at radius 3 is 2.56 bits per heavy atom. The SMILES string of the molecule is CC1(C)Cc2cnc(N)nc2-c2[nH]nc(C(=O)Nc3ccc(C(=O)N4CCC(=O)CC4)cc3)c21. The zero-order chi connectivity index (χ0) is 24.0. The van der Waals surface area contributed by atoms with Crippen molar-refractivity contribution in [3.63, 3.8) is 0 Å². The third-order valence-corrected chi connectivity index (χ3v) is 6.41. The van der Waals surface area contributed by atoms with E-state index in [4.69, 9.17) is 5.73 Å². The van der Waals surface area contributed by atoms with Crippen LogP contribution in [-0.4, -0.2) is 55.8 Å². The fraction of sp³-hybridized carbons (Fsp3) is 0.333. The second kappa shape index (κ2) is 8.05. The quantitative estimate of drug-likeness (QED) is 0.545. The maximum Gasteiger partial charge on any atom is 0.276 e. The van der Waals surface area contributed by atoms with Crippen LogP contribution in [0.15, 0.2) is 30.5 Å². The van der Waals surface area contributed by atoms with Gasteiger partial charge in [0.25, 0.3) is 11.8 Å². The minimum absolute atomic E-state index is 0.117. The van der Waals surface area contributed by atoms with Crippen LogP contribution in [0.25, 0.3) is 11.4 Å². The number of carbonyl (C=O) groups is 3. The molecule has 2 aromatic heterocycles. The van der Waals surface area contributed by atoms with Crippen LogP contribution >= 0.6 is 0 Å². The van der Waals surface area contributed by atoms with E-state index in [1.54, 1.807) is 35.4 Å². The first-order valence-corrected chi connectivity index (χ1v) is 11.2. The Balaban J connectivity index is 1.36. The maximum absolute atomic E-state index is 13.2. The molecule has 1 aliphatic carbocycles. The number of nitrogens with zero attached hydrogens (tertiary/aromatic N) is 4. The first-order valence-electron chi connectivity index (χ1n) is 11.2. The highest BCUT2D eigenvalue weighted by atomic mass is 16.2. The Hall–Kier alpha value is -4.08. The van der Waals surface area contributed by atoms with Crippen LogP contribution in [0.5, 0.6) is 0 Å². The summed E-state index contributed by atoms with van der Waals surface area (Å²) < 4.78 is 0. The molecule has 2 aliphatic rings. The molecule has 0 unspecified atom stereocenters. The van der Waals surface area contributed by atoms with Crippen molar-refractivity contribution in [2.45, 2.75) is 38.5 Å². The molecule has 1 saturated heterocycles. The van der Waals surface area contributed by atoms with Crippen LogP contribution in [0.2, 0.25) is 0 Å². The number of likely N-dealkylation sites (tertiary alicyclic amines) is 1. The number of fused-ring (bicyclic) bond motifs is 3. The lowest BCUT2D eigenvalue weighted by atomic mass is 9.73. The number of anilines is 2. The predicted molar refractivity (Wildman–Crippen MR) is 125 cm³/mol. The molecule has 10 heteroatoms. The van der Waals surface area contributed by atoms with E-state index in [1.807, 2.05) is 13.8 Å². The van der Waals surface area contributed by atoms with Crippen molar-refractivity contribution in [3.8, 4) is 11.4 Å². The Morgan fingerprint density at radius 1 is 1.15 bits per heavy atom. The molecule has 5 rings (SSSR count). The average molecular weight is 460 g/mol. The number of nitrogen functional groups attached to an aromatic ring is 1. The highest BCUT2D eigenvalue weighted by molar-refractivity contribution is 6.05. The molecular formula is C24H25N7O3. The Bertz CT molecular complexity index is 1300. The molecule has 174 valence electrons. The number of hydrogen-bond acceptors (Lipinski definition) is 7. The van der Waals surface area contributed by atoms with Gasteiger partial charge in [-0.1, -0.05) is 13.8 Å². The normalized spacial score (nSPS) is 16.5. The maximum atomic E-state index is 13.2. The number of piperidine rings is 1. The van der Waals surface area contributed by atoms with Crippen molar-refractivity contribution in [1.82, 2.24) is 25.1 Å². The summed E-state index contributed by atoms with van der Waals surface area (Å²) in [5, 5.41) is 10.1. The van der Waals surface area contributed by atoms with Gasteiger partial charge in [0.1, 0.15) is 5.78 Å². The van der Waals surface area contributed by atoms with E-state index in [2.05, 4.69) is 25.5 Å². The van der Waals surface area contributed by atoms with E-state index >= 15 is 0 Å². The van der Waals surface area contributed by atoms with Crippen LogP contribution in [0.3, 0.4) is 0 Å². The van der Waals surface area contributed by atoms with E-state index in [-0.39, 0.29) is 29.0 Å². The van der Waals surface area contributed by atoms with Crippen molar-refractivity contribution >= 4 is 29.2 Å². The molecule has 1 aromatic carbocycles. The van der Waals surface area contributed by atoms with E-state index < -0.39 is 0 Å². The van der Waals surface area contributed by atoms with Crippen molar-refractivity contribution in [3.05, 3.63) is 52.8 Å². The number of aromatic amines is 1. The zero-order valence-electron chi connectivity index (χ0n) is 19.0. The average Bonchev–Trinajstić information content (AvgIpc) is 3.27. The number of Topliss-reactive ketones (excluding diaryl/α,β-unsaturated/α-hetero) is 1. The third-order valence-electron chi connectivity index (χ3n) is 6.41. The van der Waals surface area contributed by atoms with Crippen LogP contribution in [-0.2, 0) is 16.6 Å². The summed E-state index contributed by atoms with van der Waals surface area (Å²) in [7, 11) is 0. The highest BCUT2D eigenvalue weighted by Gasteiger charge is 2.38. The lowest BCUT2D eigenvalue weighted by Crippen LogP contribution is -2.38. The smallest absolute Gasteiger partial charge is 0.276 e. The largest absolute Gasteiger partial charge is 0.368 e. The number of H-pyrrole nitrogens is 1. The first kappa shape index (κ1) is 21.7. The summed E-state index contributed by atoms with van der Waals surface area (Å²) in [5.41, 5.74) is 9.83. The lowest BCUT2D eigenvalue weighted by Gasteiger charge is -2.31. The Labute approximate surface area is 196 Å². The minimum Gasteiger partial charge on any atom is -0.368 e. The van der Waals surface area contributed by atoms with Gasteiger partial charge in [-0.15, -0.1) is 0 Å². The van der Waals surface area contributed by atoms with Gasteiger partial charge in [-0.05, 0) is 41.7 Å². The molecule has 0 radical (unpaired) electrons. The molecule has 3 heterocycles. The van der Waals surface area contributed by atoms with Gasteiger partial charge in [-0.2, -0.15) is 5.10 Å². The minimum atomic E-state index is -0.367. The van der Waals surface area contributed by atoms with Gasteiger partial charge in [0.05, 0.1) is 11.4 Å². The van der Waals surface area contributed by atoms with E-state index in [0.29, 0.717) is 60.7 Å². The van der Waals surface area contributed by atoms with E-state index in [9.17, 15) is 14.4 Å². The standard InChI is InChI=1S/C24H25N7O3/c1-24(2)11-14-12-26-23(25)28-18(14)19-17(24)20(30-29-19)21(33)27-15-5-3-13(4-6-15)22(34)31-9-7-16(32)8-10-31/h3-6,12H,7-11H2,1-2H3,(H,27,33)(H,29,30)(H2,25,26,28). The van der Waals surface area contributed by atoms with Crippen molar-refractivity contribution < 1.29 is 14.4 Å². The number of amides is 2. The van der Waals surface area contributed by atoms with Gasteiger partial charge < -0.3 is 16.0 Å². The topological polar surface area (TPSA) is 147 Å². The molecule has 0 saturated carbocycles.